The van der Waals surface area contributed by atoms with Crippen LogP contribution in [0.5, 0.6) is 11.5 Å². The molecule has 4 rings (SSSR count). The van der Waals surface area contributed by atoms with Gasteiger partial charge in [0.15, 0.2) is 17.2 Å². The number of benzene rings is 2. The van der Waals surface area contributed by atoms with Gasteiger partial charge >= 0.3 is 5.56 Å². The number of hydrogen-bond acceptors (Lipinski definition) is 7. The molecule has 2 aromatic heterocycles. The largest absolute Gasteiger partial charge is 0.493 e. The maximum Gasteiger partial charge on any atom is 0.300 e. The molecular weight excluding hydrogens is 450 g/mol. The first kappa shape index (κ1) is 23.6. The van der Waals surface area contributed by atoms with E-state index >= 15 is 0 Å². The number of ether oxygens (including phenoxy) is 2. The molecule has 0 radical (unpaired) electrons. The average molecular weight is 478 g/mol. The fourth-order valence-electron chi connectivity index (χ4n) is 3.62. The molecule has 0 fully saturated rings. The smallest absolute Gasteiger partial charge is 0.300 e. The predicted octanol–water partition coefficient (Wildman–Crippen LogP) is 4.08. The van der Waals surface area contributed by atoms with E-state index < -0.39 is 5.56 Å². The Labute approximate surface area is 201 Å². The van der Waals surface area contributed by atoms with Gasteiger partial charge < -0.3 is 9.47 Å². The van der Waals surface area contributed by atoms with Gasteiger partial charge in [-0.15, -0.1) is 0 Å². The molecule has 8 heteroatoms. The first-order valence-electron chi connectivity index (χ1n) is 11.4. The molecule has 0 bridgehead atoms. The number of nitrogens with zero attached hydrogens (tertiary/aromatic N) is 3. The summed E-state index contributed by atoms with van der Waals surface area (Å²) >= 11 is 1.13. The molecule has 2 heterocycles. The fraction of sp³-hybridized carbons (Fsp3) is 0.308. The van der Waals surface area contributed by atoms with Crippen molar-refractivity contribution in [3.8, 4) is 22.8 Å². The van der Waals surface area contributed by atoms with Gasteiger partial charge in [-0.3, -0.25) is 9.59 Å². The molecule has 0 N–H and O–H groups in total. The van der Waals surface area contributed by atoms with Gasteiger partial charge in [0.05, 0.1) is 18.2 Å². The third kappa shape index (κ3) is 5.34. The van der Waals surface area contributed by atoms with Crippen molar-refractivity contribution in [3.63, 3.8) is 0 Å². The van der Waals surface area contributed by atoms with Crippen LogP contribution < -0.4 is 25.1 Å². The van der Waals surface area contributed by atoms with Crippen LogP contribution in [0.25, 0.3) is 22.3 Å². The van der Waals surface area contributed by atoms with Crippen LogP contribution in [0.2, 0.25) is 0 Å². The lowest BCUT2D eigenvalue weighted by molar-refractivity contribution is 0.285. The molecular formula is C26H27N3O4S. The van der Waals surface area contributed by atoms with Crippen molar-refractivity contribution < 1.29 is 9.47 Å². The first-order chi connectivity index (χ1) is 16.6. The molecule has 0 aliphatic carbocycles. The second-order valence-electron chi connectivity index (χ2n) is 7.91. The zero-order valence-corrected chi connectivity index (χ0v) is 20.1. The molecule has 34 heavy (non-hydrogen) atoms. The van der Waals surface area contributed by atoms with Crippen molar-refractivity contribution in [3.05, 3.63) is 79.3 Å². The highest BCUT2D eigenvalue weighted by atomic mass is 32.1. The number of aromatic nitrogens is 3. The Morgan fingerprint density at radius 3 is 2.56 bits per heavy atom. The van der Waals surface area contributed by atoms with Crippen molar-refractivity contribution in [1.29, 1.82) is 0 Å². The van der Waals surface area contributed by atoms with Crippen LogP contribution >= 0.6 is 11.3 Å². The summed E-state index contributed by atoms with van der Waals surface area (Å²) < 4.78 is 13.0. The summed E-state index contributed by atoms with van der Waals surface area (Å²) in [6.07, 6.45) is 7.58. The van der Waals surface area contributed by atoms with Gasteiger partial charge in [-0.25, -0.2) is 0 Å². The van der Waals surface area contributed by atoms with Gasteiger partial charge in [0.1, 0.15) is 0 Å². The zero-order valence-electron chi connectivity index (χ0n) is 19.3. The summed E-state index contributed by atoms with van der Waals surface area (Å²) in [5.74, 6) is 1.28. The molecule has 0 atom stereocenters. The molecule has 0 amide bonds. The number of thiazole rings is 1. The monoisotopic (exact) mass is 477 g/mol. The highest BCUT2D eigenvalue weighted by Crippen LogP contribution is 2.28. The van der Waals surface area contributed by atoms with E-state index in [2.05, 4.69) is 17.0 Å². The Kier molecular flexibility index (Phi) is 7.69. The van der Waals surface area contributed by atoms with Crippen molar-refractivity contribution in [2.75, 3.05) is 13.7 Å². The third-order valence-electron chi connectivity index (χ3n) is 5.42. The molecule has 7 nitrogen and oxygen atoms in total. The highest BCUT2D eigenvalue weighted by Gasteiger charge is 2.13. The van der Waals surface area contributed by atoms with E-state index in [0.29, 0.717) is 28.2 Å². The lowest BCUT2D eigenvalue weighted by Gasteiger charge is -2.11. The Balaban J connectivity index is 1.60. The fourth-order valence-corrected chi connectivity index (χ4v) is 4.52. The van der Waals surface area contributed by atoms with Crippen LogP contribution in [0, 0.1) is 0 Å². The molecule has 0 saturated heterocycles. The molecule has 4 aromatic rings. The van der Waals surface area contributed by atoms with Crippen LogP contribution in [0.1, 0.15) is 44.6 Å². The lowest BCUT2D eigenvalue weighted by Crippen LogP contribution is -2.26. The van der Waals surface area contributed by atoms with E-state index in [9.17, 15) is 9.59 Å². The second-order valence-corrected chi connectivity index (χ2v) is 8.92. The summed E-state index contributed by atoms with van der Waals surface area (Å²) in [5.41, 5.74) is 0.767. The SMILES string of the molecule is CCCCCCCOc1ccc(C=c2sc3nc(=O)c(-c4ccccc4)nn3c2=O)cc1OC. The topological polar surface area (TPSA) is 82.8 Å². The maximum absolute atomic E-state index is 13.0. The van der Waals surface area contributed by atoms with E-state index in [4.69, 9.17) is 9.47 Å². The predicted molar refractivity (Wildman–Crippen MR) is 135 cm³/mol. The van der Waals surface area contributed by atoms with Gasteiger partial charge in [-0.2, -0.15) is 14.6 Å². The summed E-state index contributed by atoms with van der Waals surface area (Å²) in [7, 11) is 1.59. The molecule has 176 valence electrons. The number of rotatable bonds is 10. The van der Waals surface area contributed by atoms with E-state index in [1.807, 2.05) is 36.4 Å². The third-order valence-corrected chi connectivity index (χ3v) is 6.38. The van der Waals surface area contributed by atoms with E-state index in [-0.39, 0.29) is 16.2 Å². The summed E-state index contributed by atoms with van der Waals surface area (Å²) in [6, 6.07) is 14.6. The minimum absolute atomic E-state index is 0.150. The summed E-state index contributed by atoms with van der Waals surface area (Å²) in [4.78, 5) is 29.8. The minimum Gasteiger partial charge on any atom is -0.493 e. The Morgan fingerprint density at radius 1 is 1.00 bits per heavy atom. The van der Waals surface area contributed by atoms with Crippen LogP contribution in [-0.4, -0.2) is 28.3 Å². The normalized spacial score (nSPS) is 11.8. The number of fused-ring (bicyclic) bond motifs is 1. The average Bonchev–Trinajstić information content (AvgIpc) is 3.15. The van der Waals surface area contributed by atoms with Crippen LogP contribution in [-0.2, 0) is 0 Å². The molecule has 0 unspecified atom stereocenters. The van der Waals surface area contributed by atoms with Gasteiger partial charge in [0, 0.05) is 5.56 Å². The zero-order chi connectivity index (χ0) is 23.9. The van der Waals surface area contributed by atoms with Crippen molar-refractivity contribution >= 4 is 22.4 Å². The lowest BCUT2D eigenvalue weighted by atomic mass is 10.1. The van der Waals surface area contributed by atoms with Gasteiger partial charge in [-0.1, -0.05) is 80.3 Å². The van der Waals surface area contributed by atoms with E-state index in [1.165, 1.54) is 23.8 Å². The Hall–Kier alpha value is -3.52. The molecule has 0 aliphatic heterocycles. The maximum atomic E-state index is 13.0. The molecule has 2 aromatic carbocycles. The summed E-state index contributed by atoms with van der Waals surface area (Å²) in [6.45, 7) is 2.84. The van der Waals surface area contributed by atoms with Gasteiger partial charge in [0.25, 0.3) is 5.56 Å². The van der Waals surface area contributed by atoms with Crippen molar-refractivity contribution in [2.45, 2.75) is 39.0 Å². The highest BCUT2D eigenvalue weighted by molar-refractivity contribution is 7.15. The Morgan fingerprint density at radius 2 is 1.79 bits per heavy atom. The van der Waals surface area contributed by atoms with Crippen molar-refractivity contribution in [1.82, 2.24) is 14.6 Å². The number of hydrogen-bond donors (Lipinski definition) is 0. The minimum atomic E-state index is -0.461. The van der Waals surface area contributed by atoms with Crippen molar-refractivity contribution in [2.24, 2.45) is 0 Å². The first-order valence-corrected chi connectivity index (χ1v) is 12.2. The molecule has 0 spiro atoms. The van der Waals surface area contributed by atoms with Crippen LogP contribution in [0.3, 0.4) is 0 Å². The quantitative estimate of drug-likeness (QED) is 0.320. The van der Waals surface area contributed by atoms with Gasteiger partial charge in [0.2, 0.25) is 4.96 Å². The van der Waals surface area contributed by atoms with E-state index in [0.717, 1.165) is 29.7 Å². The Bertz CT molecular complexity index is 1430. The number of methoxy groups -OCH3 is 1. The number of unbranched alkanes of at least 4 members (excludes halogenated alkanes) is 4. The summed E-state index contributed by atoms with van der Waals surface area (Å²) in [5, 5.41) is 4.29. The van der Waals surface area contributed by atoms with E-state index in [1.54, 1.807) is 25.3 Å². The molecule has 0 saturated carbocycles. The molecule has 0 aliphatic rings. The standard InChI is InChI=1S/C26H27N3O4S/c1-3-4-5-6-10-15-33-20-14-13-18(16-21(20)32-2)17-22-25(31)29-26(34-22)27-24(30)23(28-29)19-11-8-7-9-12-19/h7-9,11-14,16-17H,3-6,10,15H2,1-2H3. The second kappa shape index (κ2) is 11.1. The van der Waals surface area contributed by atoms with Crippen LogP contribution in [0.4, 0.5) is 0 Å². The van der Waals surface area contributed by atoms with Gasteiger partial charge in [-0.05, 0) is 30.2 Å². The van der Waals surface area contributed by atoms with Crippen LogP contribution in [0.15, 0.2) is 58.1 Å².